The van der Waals surface area contributed by atoms with Crippen molar-refractivity contribution in [2.45, 2.75) is 44.1 Å². The molecule has 110 valence electrons. The molecule has 5 nitrogen and oxygen atoms in total. The van der Waals surface area contributed by atoms with E-state index in [0.29, 0.717) is 48.4 Å². The molecule has 1 N–H and O–H groups in total. The number of oxazole rings is 1. The number of hydrogen-bond donors (Lipinski definition) is 1. The summed E-state index contributed by atoms with van der Waals surface area (Å²) in [6, 6.07) is 6.19. The van der Waals surface area contributed by atoms with Gasteiger partial charge in [-0.3, -0.25) is 0 Å². The fraction of sp³-hybridized carbons (Fsp3) is 0.500. The number of aliphatic hydroxyl groups is 1. The normalized spacial score (nSPS) is 25.7. The van der Waals surface area contributed by atoms with Crippen LogP contribution in [-0.4, -0.2) is 23.3 Å². The molecule has 1 aliphatic carbocycles. The zero-order valence-electron chi connectivity index (χ0n) is 12.2. The Hall–Kier alpha value is -2.06. The minimum absolute atomic E-state index is 0.306. The predicted molar refractivity (Wildman–Crippen MR) is 77.1 cm³/mol. The van der Waals surface area contributed by atoms with Crippen LogP contribution in [0.2, 0.25) is 0 Å². The van der Waals surface area contributed by atoms with Crippen molar-refractivity contribution in [2.75, 3.05) is 7.11 Å². The third-order valence-corrected chi connectivity index (χ3v) is 4.37. The molecule has 21 heavy (non-hydrogen) atoms. The number of ether oxygens (including phenoxy) is 1. The van der Waals surface area contributed by atoms with E-state index in [1.165, 1.54) is 0 Å². The second-order valence-corrected chi connectivity index (χ2v) is 5.65. The van der Waals surface area contributed by atoms with Gasteiger partial charge in [0.05, 0.1) is 24.7 Å². The number of aliphatic hydroxyl groups excluding tert-OH is 1. The number of aryl methyl sites for hydroxylation is 1. The van der Waals surface area contributed by atoms with Crippen molar-refractivity contribution in [3.05, 3.63) is 23.6 Å². The molecule has 0 aliphatic heterocycles. The van der Waals surface area contributed by atoms with E-state index in [9.17, 15) is 10.4 Å². The number of methoxy groups -OCH3 is 1. The lowest BCUT2D eigenvalue weighted by Gasteiger charge is -2.33. The largest absolute Gasteiger partial charge is 0.493 e. The lowest BCUT2D eigenvalue weighted by molar-refractivity contribution is 0.110. The molecule has 0 saturated heterocycles. The number of benzene rings is 1. The van der Waals surface area contributed by atoms with Crippen LogP contribution >= 0.6 is 0 Å². The molecule has 1 heterocycles. The first-order valence-electron chi connectivity index (χ1n) is 7.13. The summed E-state index contributed by atoms with van der Waals surface area (Å²) in [4.78, 5) is 4.45. The zero-order chi connectivity index (χ0) is 15.0. The number of nitrogens with zero attached hydrogens (tertiary/aromatic N) is 2. The lowest BCUT2D eigenvalue weighted by atomic mass is 9.69. The topological polar surface area (TPSA) is 79.3 Å². The summed E-state index contributed by atoms with van der Waals surface area (Å²) >= 11 is 0. The number of aromatic nitrogens is 1. The Balaban J connectivity index is 2.18. The van der Waals surface area contributed by atoms with E-state index in [1.54, 1.807) is 14.0 Å². The zero-order valence-corrected chi connectivity index (χ0v) is 12.2. The van der Waals surface area contributed by atoms with Crippen LogP contribution in [0.3, 0.4) is 0 Å². The van der Waals surface area contributed by atoms with Crippen LogP contribution in [0.4, 0.5) is 0 Å². The molecule has 1 aromatic heterocycles. The van der Waals surface area contributed by atoms with Crippen LogP contribution in [0.25, 0.3) is 11.1 Å². The fourth-order valence-corrected chi connectivity index (χ4v) is 3.17. The average molecular weight is 286 g/mol. The Kier molecular flexibility index (Phi) is 3.34. The molecule has 1 saturated carbocycles. The second kappa shape index (κ2) is 5.05. The van der Waals surface area contributed by atoms with Gasteiger partial charge in [-0.1, -0.05) is 6.07 Å². The van der Waals surface area contributed by atoms with Crippen molar-refractivity contribution in [1.29, 1.82) is 5.26 Å². The lowest BCUT2D eigenvalue weighted by Crippen LogP contribution is -2.32. The van der Waals surface area contributed by atoms with Gasteiger partial charge in [-0.15, -0.1) is 0 Å². The number of nitriles is 1. The van der Waals surface area contributed by atoms with E-state index in [2.05, 4.69) is 11.1 Å². The molecular formula is C16H18N2O3. The highest BCUT2D eigenvalue weighted by Crippen LogP contribution is 2.43. The number of fused-ring (bicyclic) bond motifs is 1. The maximum absolute atomic E-state index is 9.75. The molecule has 0 amide bonds. The van der Waals surface area contributed by atoms with E-state index in [4.69, 9.17) is 9.15 Å². The quantitative estimate of drug-likeness (QED) is 0.918. The van der Waals surface area contributed by atoms with E-state index >= 15 is 0 Å². The Bertz CT molecular complexity index is 706. The maximum Gasteiger partial charge on any atom is 0.196 e. The minimum atomic E-state index is -0.604. The van der Waals surface area contributed by atoms with Gasteiger partial charge in [0, 0.05) is 12.5 Å². The van der Waals surface area contributed by atoms with Gasteiger partial charge in [0.2, 0.25) is 0 Å². The first kappa shape index (κ1) is 13.9. The summed E-state index contributed by atoms with van der Waals surface area (Å²) in [6.07, 6.45) is 2.24. The second-order valence-electron chi connectivity index (χ2n) is 5.65. The van der Waals surface area contributed by atoms with Crippen LogP contribution in [0, 0.1) is 18.3 Å². The molecule has 0 unspecified atom stereocenters. The number of rotatable bonds is 2. The Morgan fingerprint density at radius 3 is 2.76 bits per heavy atom. The van der Waals surface area contributed by atoms with Gasteiger partial charge in [-0.2, -0.15) is 5.26 Å². The first-order chi connectivity index (χ1) is 10.1. The van der Waals surface area contributed by atoms with E-state index in [1.807, 2.05) is 12.1 Å². The van der Waals surface area contributed by atoms with Gasteiger partial charge in [-0.25, -0.2) is 4.98 Å². The molecule has 2 aromatic rings. The van der Waals surface area contributed by atoms with E-state index < -0.39 is 5.41 Å². The van der Waals surface area contributed by atoms with Crippen molar-refractivity contribution in [1.82, 2.24) is 4.98 Å². The molecule has 1 fully saturated rings. The molecule has 1 aliphatic rings. The van der Waals surface area contributed by atoms with Gasteiger partial charge < -0.3 is 14.3 Å². The average Bonchev–Trinajstić information content (AvgIpc) is 2.89. The summed E-state index contributed by atoms with van der Waals surface area (Å²) < 4.78 is 10.9. The molecular weight excluding hydrogens is 268 g/mol. The molecule has 3 rings (SSSR count). The van der Waals surface area contributed by atoms with Crippen LogP contribution in [0.5, 0.6) is 5.75 Å². The Morgan fingerprint density at radius 2 is 2.14 bits per heavy atom. The molecule has 0 spiro atoms. The summed E-state index contributed by atoms with van der Waals surface area (Å²) in [5, 5.41) is 19.5. The van der Waals surface area contributed by atoms with Crippen molar-refractivity contribution in [2.24, 2.45) is 0 Å². The maximum atomic E-state index is 9.75. The standard InChI is InChI=1S/C16H18N2O3/c1-10-18-14-12(3-4-13(20-2)15(14)21-10)16(9-17)7-5-11(19)6-8-16/h3-4,11,19H,5-8H2,1-2H3. The summed E-state index contributed by atoms with van der Waals surface area (Å²) in [5.74, 6) is 1.18. The van der Waals surface area contributed by atoms with Gasteiger partial charge in [0.15, 0.2) is 17.2 Å². The third kappa shape index (κ3) is 2.16. The van der Waals surface area contributed by atoms with Gasteiger partial charge >= 0.3 is 0 Å². The highest BCUT2D eigenvalue weighted by molar-refractivity contribution is 5.84. The van der Waals surface area contributed by atoms with Crippen LogP contribution in [0.1, 0.15) is 37.1 Å². The first-order valence-corrected chi connectivity index (χ1v) is 7.13. The van der Waals surface area contributed by atoms with Crippen molar-refractivity contribution < 1.29 is 14.3 Å². The van der Waals surface area contributed by atoms with E-state index in [-0.39, 0.29) is 6.10 Å². The summed E-state index contributed by atoms with van der Waals surface area (Å²) in [6.45, 7) is 1.78. The molecule has 0 bridgehead atoms. The van der Waals surface area contributed by atoms with Crippen molar-refractivity contribution in [3.63, 3.8) is 0 Å². The van der Waals surface area contributed by atoms with Crippen molar-refractivity contribution >= 4 is 11.1 Å². The van der Waals surface area contributed by atoms with Gasteiger partial charge in [-0.05, 0) is 31.7 Å². The fourth-order valence-electron chi connectivity index (χ4n) is 3.17. The summed E-state index contributed by atoms with van der Waals surface area (Å²) in [7, 11) is 1.59. The molecule has 0 atom stereocenters. The highest BCUT2D eigenvalue weighted by atomic mass is 16.5. The predicted octanol–water partition coefficient (Wildman–Crippen LogP) is 2.84. The molecule has 5 heteroatoms. The monoisotopic (exact) mass is 286 g/mol. The molecule has 1 aromatic carbocycles. The van der Waals surface area contributed by atoms with Gasteiger partial charge in [0.1, 0.15) is 5.52 Å². The van der Waals surface area contributed by atoms with Crippen LogP contribution in [0.15, 0.2) is 16.5 Å². The smallest absolute Gasteiger partial charge is 0.196 e. The Morgan fingerprint density at radius 1 is 1.43 bits per heavy atom. The highest BCUT2D eigenvalue weighted by Gasteiger charge is 2.39. The summed E-state index contributed by atoms with van der Waals surface area (Å²) in [5.41, 5.74) is 1.56. The van der Waals surface area contributed by atoms with Crippen molar-refractivity contribution in [3.8, 4) is 11.8 Å². The van der Waals surface area contributed by atoms with Crippen LogP contribution < -0.4 is 4.74 Å². The van der Waals surface area contributed by atoms with Gasteiger partial charge in [0.25, 0.3) is 0 Å². The minimum Gasteiger partial charge on any atom is -0.493 e. The van der Waals surface area contributed by atoms with Crippen LogP contribution in [-0.2, 0) is 5.41 Å². The third-order valence-electron chi connectivity index (χ3n) is 4.37. The molecule has 0 radical (unpaired) electrons. The SMILES string of the molecule is COc1ccc(C2(C#N)CCC(O)CC2)c2nc(C)oc12. The number of hydrogen-bond acceptors (Lipinski definition) is 5. The van der Waals surface area contributed by atoms with E-state index in [0.717, 1.165) is 5.56 Å². The Labute approximate surface area is 123 Å².